The zero-order valence-corrected chi connectivity index (χ0v) is 17.1. The Labute approximate surface area is 169 Å². The molecule has 0 saturated carbocycles. The van der Waals surface area contributed by atoms with Crippen LogP contribution in [0.5, 0.6) is 5.75 Å². The number of nitrogens with zero attached hydrogens (tertiary/aromatic N) is 3. The van der Waals surface area contributed by atoms with E-state index in [2.05, 4.69) is 10.2 Å². The second-order valence-corrected chi connectivity index (χ2v) is 7.17. The molecule has 1 aromatic heterocycles. The zero-order valence-electron chi connectivity index (χ0n) is 16.3. The van der Waals surface area contributed by atoms with E-state index in [0.29, 0.717) is 23.7 Å². The molecular weight excluding hydrogens is 372 g/mol. The molecule has 0 spiro atoms. The SMILES string of the molecule is Cc1cccc(OCCN(C)C(=O)Cn2c(-c3cccc(C)c3)n[nH]c2=S)c1. The summed E-state index contributed by atoms with van der Waals surface area (Å²) in [6.07, 6.45) is 0. The van der Waals surface area contributed by atoms with Crippen LogP contribution in [0.3, 0.4) is 0 Å². The van der Waals surface area contributed by atoms with Crippen LogP contribution in [-0.2, 0) is 11.3 Å². The standard InChI is InChI=1S/C21H24N4O2S/c1-15-6-4-8-17(12-15)20-22-23-21(28)25(20)14-19(26)24(3)10-11-27-18-9-5-7-16(2)13-18/h4-9,12-13H,10-11,14H2,1-3H3,(H,23,28). The van der Waals surface area contributed by atoms with Gasteiger partial charge in [-0.1, -0.05) is 35.9 Å². The molecule has 6 nitrogen and oxygen atoms in total. The molecule has 0 bridgehead atoms. The third kappa shape index (κ3) is 4.86. The van der Waals surface area contributed by atoms with E-state index >= 15 is 0 Å². The van der Waals surface area contributed by atoms with Crippen LogP contribution in [0.2, 0.25) is 0 Å². The maximum absolute atomic E-state index is 12.7. The number of aryl methyl sites for hydroxylation is 2. The van der Waals surface area contributed by atoms with Crippen molar-refractivity contribution in [2.24, 2.45) is 0 Å². The molecule has 0 radical (unpaired) electrons. The van der Waals surface area contributed by atoms with Crippen LogP contribution in [0.15, 0.2) is 48.5 Å². The Bertz CT molecular complexity index is 1020. The highest BCUT2D eigenvalue weighted by Crippen LogP contribution is 2.18. The molecule has 0 aliphatic heterocycles. The Hall–Kier alpha value is -2.93. The Morgan fingerprint density at radius 1 is 1.18 bits per heavy atom. The van der Waals surface area contributed by atoms with Gasteiger partial charge in [-0.2, -0.15) is 5.10 Å². The summed E-state index contributed by atoms with van der Waals surface area (Å²) >= 11 is 5.32. The third-order valence-corrected chi connectivity index (χ3v) is 4.75. The van der Waals surface area contributed by atoms with Crippen LogP contribution in [0, 0.1) is 18.6 Å². The number of H-pyrrole nitrogens is 1. The first-order chi connectivity index (χ1) is 13.4. The van der Waals surface area contributed by atoms with Gasteiger partial charge in [-0.15, -0.1) is 0 Å². The van der Waals surface area contributed by atoms with Gasteiger partial charge in [0.05, 0.1) is 6.54 Å². The number of amides is 1. The molecule has 3 aromatic rings. The topological polar surface area (TPSA) is 63.1 Å². The van der Waals surface area contributed by atoms with Crippen molar-refractivity contribution in [3.63, 3.8) is 0 Å². The van der Waals surface area contributed by atoms with Crippen LogP contribution in [0.25, 0.3) is 11.4 Å². The predicted molar refractivity (Wildman–Crippen MR) is 112 cm³/mol. The lowest BCUT2D eigenvalue weighted by Gasteiger charge is -2.18. The van der Waals surface area contributed by atoms with Crippen LogP contribution < -0.4 is 4.74 Å². The van der Waals surface area contributed by atoms with Crippen molar-refractivity contribution >= 4 is 18.1 Å². The fraction of sp³-hybridized carbons (Fsp3) is 0.286. The highest BCUT2D eigenvalue weighted by Gasteiger charge is 2.15. The average Bonchev–Trinajstić information content (AvgIpc) is 3.02. The number of rotatable bonds is 7. The van der Waals surface area contributed by atoms with Crippen molar-refractivity contribution in [1.82, 2.24) is 19.7 Å². The number of carbonyl (C=O) groups excluding carboxylic acids is 1. The van der Waals surface area contributed by atoms with Crippen molar-refractivity contribution in [2.75, 3.05) is 20.2 Å². The summed E-state index contributed by atoms with van der Waals surface area (Å²) in [5, 5.41) is 7.09. The number of hydrogen-bond donors (Lipinski definition) is 1. The fourth-order valence-corrected chi connectivity index (χ4v) is 3.05. The van der Waals surface area contributed by atoms with E-state index < -0.39 is 0 Å². The van der Waals surface area contributed by atoms with Gasteiger partial charge in [-0.05, 0) is 49.8 Å². The number of benzene rings is 2. The molecule has 1 amide bonds. The highest BCUT2D eigenvalue weighted by atomic mass is 32.1. The van der Waals surface area contributed by atoms with Gasteiger partial charge >= 0.3 is 0 Å². The Morgan fingerprint density at radius 2 is 1.89 bits per heavy atom. The van der Waals surface area contributed by atoms with Gasteiger partial charge in [0.15, 0.2) is 10.6 Å². The molecule has 2 aromatic carbocycles. The summed E-state index contributed by atoms with van der Waals surface area (Å²) < 4.78 is 7.88. The summed E-state index contributed by atoms with van der Waals surface area (Å²) in [6.45, 7) is 5.07. The number of aromatic amines is 1. The van der Waals surface area contributed by atoms with Crippen LogP contribution in [0.4, 0.5) is 0 Å². The van der Waals surface area contributed by atoms with Crippen molar-refractivity contribution in [1.29, 1.82) is 0 Å². The van der Waals surface area contributed by atoms with Crippen LogP contribution >= 0.6 is 12.2 Å². The van der Waals surface area contributed by atoms with Crippen molar-refractivity contribution in [3.8, 4) is 17.1 Å². The van der Waals surface area contributed by atoms with E-state index in [0.717, 1.165) is 22.4 Å². The summed E-state index contributed by atoms with van der Waals surface area (Å²) in [5.41, 5.74) is 3.18. The fourth-order valence-electron chi connectivity index (χ4n) is 2.86. The molecule has 0 aliphatic rings. The quantitative estimate of drug-likeness (QED) is 0.618. The Morgan fingerprint density at radius 3 is 2.61 bits per heavy atom. The molecule has 146 valence electrons. The largest absolute Gasteiger partial charge is 0.492 e. The Kier molecular flexibility index (Phi) is 6.26. The minimum Gasteiger partial charge on any atom is -0.492 e. The van der Waals surface area contributed by atoms with E-state index in [1.165, 1.54) is 0 Å². The van der Waals surface area contributed by atoms with Crippen molar-refractivity contribution in [3.05, 3.63) is 64.4 Å². The van der Waals surface area contributed by atoms with Gasteiger partial charge in [0.2, 0.25) is 5.91 Å². The molecule has 0 unspecified atom stereocenters. The number of hydrogen-bond acceptors (Lipinski definition) is 4. The van der Waals surface area contributed by atoms with Gasteiger partial charge in [-0.3, -0.25) is 14.5 Å². The summed E-state index contributed by atoms with van der Waals surface area (Å²) in [5.74, 6) is 1.41. The lowest BCUT2D eigenvalue weighted by molar-refractivity contribution is -0.130. The van der Waals surface area contributed by atoms with Gasteiger partial charge in [0.1, 0.15) is 18.9 Å². The maximum Gasteiger partial charge on any atom is 0.242 e. The summed E-state index contributed by atoms with van der Waals surface area (Å²) in [4.78, 5) is 14.3. The van der Waals surface area contributed by atoms with Gasteiger partial charge in [0.25, 0.3) is 0 Å². The predicted octanol–water partition coefficient (Wildman–Crippen LogP) is 3.76. The van der Waals surface area contributed by atoms with Gasteiger partial charge < -0.3 is 9.64 Å². The van der Waals surface area contributed by atoms with Gasteiger partial charge in [0, 0.05) is 12.6 Å². The number of likely N-dealkylation sites (N-methyl/N-ethyl adjacent to an activating group) is 1. The van der Waals surface area contributed by atoms with E-state index in [-0.39, 0.29) is 12.5 Å². The van der Waals surface area contributed by atoms with E-state index in [1.807, 2.05) is 62.4 Å². The first kappa shape index (κ1) is 19.8. The van der Waals surface area contributed by atoms with Crippen LogP contribution in [-0.4, -0.2) is 45.8 Å². The normalized spacial score (nSPS) is 10.7. The van der Waals surface area contributed by atoms with Crippen molar-refractivity contribution in [2.45, 2.75) is 20.4 Å². The molecule has 7 heteroatoms. The average molecular weight is 397 g/mol. The summed E-state index contributed by atoms with van der Waals surface area (Å²) in [7, 11) is 1.76. The smallest absolute Gasteiger partial charge is 0.242 e. The first-order valence-electron chi connectivity index (χ1n) is 9.10. The minimum atomic E-state index is -0.0563. The molecular formula is C21H24N4O2S. The van der Waals surface area contributed by atoms with Crippen molar-refractivity contribution < 1.29 is 9.53 Å². The van der Waals surface area contributed by atoms with E-state index in [1.54, 1.807) is 16.5 Å². The maximum atomic E-state index is 12.7. The number of nitrogens with one attached hydrogen (secondary N) is 1. The number of ether oxygens (including phenoxy) is 1. The lowest BCUT2D eigenvalue weighted by Crippen LogP contribution is -2.33. The monoisotopic (exact) mass is 396 g/mol. The molecule has 0 aliphatic carbocycles. The first-order valence-corrected chi connectivity index (χ1v) is 9.50. The summed E-state index contributed by atoms with van der Waals surface area (Å²) in [6, 6.07) is 15.8. The van der Waals surface area contributed by atoms with Crippen LogP contribution in [0.1, 0.15) is 11.1 Å². The van der Waals surface area contributed by atoms with E-state index in [4.69, 9.17) is 17.0 Å². The molecule has 0 atom stereocenters. The third-order valence-electron chi connectivity index (χ3n) is 4.44. The zero-order chi connectivity index (χ0) is 20.1. The van der Waals surface area contributed by atoms with Gasteiger partial charge in [-0.25, -0.2) is 0 Å². The second kappa shape index (κ2) is 8.84. The molecule has 0 fully saturated rings. The Balaban J connectivity index is 1.63. The molecule has 0 saturated heterocycles. The second-order valence-electron chi connectivity index (χ2n) is 6.79. The molecule has 28 heavy (non-hydrogen) atoms. The number of aromatic nitrogens is 3. The molecule has 1 heterocycles. The molecule has 1 N–H and O–H groups in total. The number of carbonyl (C=O) groups is 1. The lowest BCUT2D eigenvalue weighted by atomic mass is 10.1. The van der Waals surface area contributed by atoms with E-state index in [9.17, 15) is 4.79 Å². The highest BCUT2D eigenvalue weighted by molar-refractivity contribution is 7.71. The minimum absolute atomic E-state index is 0.0563. The molecule has 3 rings (SSSR count).